The van der Waals surface area contributed by atoms with Gasteiger partial charge in [0, 0.05) is 17.0 Å². The second kappa shape index (κ2) is 4.97. The molecule has 1 N–H and O–H groups in total. The molecular formula is C16H25NS. The fourth-order valence-electron chi connectivity index (χ4n) is 4.33. The molecule has 2 aliphatic rings. The van der Waals surface area contributed by atoms with E-state index >= 15 is 0 Å². The molecule has 2 aliphatic carbocycles. The van der Waals surface area contributed by atoms with Gasteiger partial charge in [-0.15, -0.1) is 11.3 Å². The topological polar surface area (TPSA) is 12.0 Å². The molecule has 5 unspecified atom stereocenters. The molecule has 2 saturated carbocycles. The fraction of sp³-hybridized carbons (Fsp3) is 0.750. The minimum Gasteiger partial charge on any atom is -0.307 e. The van der Waals surface area contributed by atoms with Crippen LogP contribution < -0.4 is 5.32 Å². The molecule has 0 spiro atoms. The van der Waals surface area contributed by atoms with Crippen molar-refractivity contribution in [2.24, 2.45) is 17.8 Å². The van der Waals surface area contributed by atoms with E-state index in [2.05, 4.69) is 37.5 Å². The van der Waals surface area contributed by atoms with E-state index < -0.39 is 0 Å². The van der Waals surface area contributed by atoms with E-state index in [1.807, 2.05) is 11.3 Å². The first-order chi connectivity index (χ1) is 8.65. The molecule has 18 heavy (non-hydrogen) atoms. The molecule has 0 saturated heterocycles. The zero-order valence-corrected chi connectivity index (χ0v) is 12.6. The highest BCUT2D eigenvalue weighted by molar-refractivity contribution is 7.10. The summed E-state index contributed by atoms with van der Waals surface area (Å²) in [5.41, 5.74) is 1.44. The van der Waals surface area contributed by atoms with Crippen molar-refractivity contribution in [2.45, 2.75) is 58.5 Å². The maximum Gasteiger partial charge on any atom is 0.0390 e. The van der Waals surface area contributed by atoms with Crippen LogP contribution in [0.25, 0.3) is 0 Å². The predicted molar refractivity (Wildman–Crippen MR) is 79.0 cm³/mol. The van der Waals surface area contributed by atoms with E-state index in [9.17, 15) is 0 Å². The van der Waals surface area contributed by atoms with Crippen molar-refractivity contribution in [1.29, 1.82) is 0 Å². The number of nitrogens with one attached hydrogen (secondary N) is 1. The minimum atomic E-state index is 0.513. The van der Waals surface area contributed by atoms with Crippen molar-refractivity contribution in [3.8, 4) is 0 Å². The van der Waals surface area contributed by atoms with Crippen LogP contribution in [0.3, 0.4) is 0 Å². The highest BCUT2D eigenvalue weighted by atomic mass is 32.1. The fourth-order valence-corrected chi connectivity index (χ4v) is 5.27. The zero-order chi connectivity index (χ0) is 12.7. The lowest BCUT2D eigenvalue weighted by atomic mass is 9.83. The SMILES string of the molecule is Cc1ccsc1C(C)NC(C)C1CC2CCC1C2. The van der Waals surface area contributed by atoms with Crippen LogP contribution in [-0.2, 0) is 0 Å². The number of aryl methyl sites for hydroxylation is 1. The Bertz CT molecular complexity index is 411. The van der Waals surface area contributed by atoms with Gasteiger partial charge in [0.25, 0.3) is 0 Å². The number of rotatable bonds is 4. The average Bonchev–Trinajstić information content (AvgIpc) is 3.03. The summed E-state index contributed by atoms with van der Waals surface area (Å²) in [4.78, 5) is 1.52. The van der Waals surface area contributed by atoms with Crippen molar-refractivity contribution >= 4 is 11.3 Å². The van der Waals surface area contributed by atoms with E-state index in [4.69, 9.17) is 0 Å². The molecule has 1 nitrogen and oxygen atoms in total. The number of thiophene rings is 1. The molecule has 1 aromatic heterocycles. The van der Waals surface area contributed by atoms with E-state index in [-0.39, 0.29) is 0 Å². The molecule has 1 heterocycles. The molecule has 2 heteroatoms. The van der Waals surface area contributed by atoms with Gasteiger partial charge in [-0.2, -0.15) is 0 Å². The molecule has 3 rings (SSSR count). The van der Waals surface area contributed by atoms with Crippen molar-refractivity contribution in [3.63, 3.8) is 0 Å². The zero-order valence-electron chi connectivity index (χ0n) is 11.8. The third kappa shape index (κ3) is 2.25. The van der Waals surface area contributed by atoms with Gasteiger partial charge < -0.3 is 5.32 Å². The minimum absolute atomic E-state index is 0.513. The van der Waals surface area contributed by atoms with Crippen LogP contribution in [0, 0.1) is 24.7 Å². The first-order valence-electron chi connectivity index (χ1n) is 7.45. The lowest BCUT2D eigenvalue weighted by Crippen LogP contribution is -2.37. The summed E-state index contributed by atoms with van der Waals surface area (Å²) >= 11 is 1.89. The summed E-state index contributed by atoms with van der Waals surface area (Å²) in [7, 11) is 0. The Labute approximate surface area is 115 Å². The standard InChI is InChI=1S/C16H25NS/c1-10-6-7-18-16(10)12(3)17-11(2)15-9-13-4-5-14(15)8-13/h6-7,11-15,17H,4-5,8-9H2,1-3H3. The Balaban J connectivity index is 1.61. The van der Waals surface area contributed by atoms with Crippen LogP contribution >= 0.6 is 11.3 Å². The van der Waals surface area contributed by atoms with Crippen LogP contribution in [-0.4, -0.2) is 6.04 Å². The molecule has 0 aromatic carbocycles. The molecule has 2 fully saturated rings. The smallest absolute Gasteiger partial charge is 0.0390 e. The third-order valence-electron chi connectivity index (χ3n) is 5.24. The third-order valence-corrected chi connectivity index (χ3v) is 6.44. The Kier molecular flexibility index (Phi) is 3.50. The van der Waals surface area contributed by atoms with Crippen LogP contribution in [0.2, 0.25) is 0 Å². The molecule has 0 aliphatic heterocycles. The van der Waals surface area contributed by atoms with Crippen molar-refractivity contribution < 1.29 is 0 Å². The summed E-state index contributed by atoms with van der Waals surface area (Å²) in [6.07, 6.45) is 6.00. The van der Waals surface area contributed by atoms with Gasteiger partial charge in [-0.25, -0.2) is 0 Å². The Morgan fingerprint density at radius 2 is 2.11 bits per heavy atom. The van der Waals surface area contributed by atoms with Crippen LogP contribution in [0.4, 0.5) is 0 Å². The van der Waals surface area contributed by atoms with Gasteiger partial charge in [0.1, 0.15) is 0 Å². The summed E-state index contributed by atoms with van der Waals surface area (Å²) in [5, 5.41) is 6.07. The van der Waals surface area contributed by atoms with Crippen molar-refractivity contribution in [1.82, 2.24) is 5.32 Å². The normalized spacial score (nSPS) is 33.8. The van der Waals surface area contributed by atoms with Gasteiger partial charge in [0.05, 0.1) is 0 Å². The largest absolute Gasteiger partial charge is 0.307 e. The molecule has 1 aromatic rings. The number of fused-ring (bicyclic) bond motifs is 2. The summed E-state index contributed by atoms with van der Waals surface area (Å²) in [5.74, 6) is 3.02. The van der Waals surface area contributed by atoms with Gasteiger partial charge >= 0.3 is 0 Å². The van der Waals surface area contributed by atoms with E-state index in [0.29, 0.717) is 12.1 Å². The molecule has 5 atom stereocenters. The van der Waals surface area contributed by atoms with Crippen LogP contribution in [0.1, 0.15) is 56.0 Å². The Hall–Kier alpha value is -0.340. The predicted octanol–water partition coefficient (Wildman–Crippen LogP) is 4.53. The van der Waals surface area contributed by atoms with Crippen LogP contribution in [0.15, 0.2) is 11.4 Å². The highest BCUT2D eigenvalue weighted by Crippen LogP contribution is 2.49. The van der Waals surface area contributed by atoms with Crippen molar-refractivity contribution in [2.75, 3.05) is 0 Å². The first-order valence-corrected chi connectivity index (χ1v) is 8.33. The summed E-state index contributed by atoms with van der Waals surface area (Å²) in [6.45, 7) is 6.96. The summed E-state index contributed by atoms with van der Waals surface area (Å²) in [6, 6.07) is 3.43. The average molecular weight is 263 g/mol. The van der Waals surface area contributed by atoms with E-state index in [1.54, 1.807) is 0 Å². The quantitative estimate of drug-likeness (QED) is 0.841. The van der Waals surface area contributed by atoms with Crippen molar-refractivity contribution in [3.05, 3.63) is 21.9 Å². The number of hydrogen-bond acceptors (Lipinski definition) is 2. The molecular weight excluding hydrogens is 238 g/mol. The Morgan fingerprint density at radius 3 is 2.67 bits per heavy atom. The van der Waals surface area contributed by atoms with E-state index in [1.165, 1.54) is 36.1 Å². The monoisotopic (exact) mass is 263 g/mol. The number of hydrogen-bond donors (Lipinski definition) is 1. The lowest BCUT2D eigenvalue weighted by Gasteiger charge is -2.31. The first kappa shape index (κ1) is 12.7. The maximum atomic E-state index is 3.86. The second-order valence-corrected chi connectivity index (χ2v) is 7.43. The molecule has 0 amide bonds. The molecule has 0 radical (unpaired) electrons. The van der Waals surface area contributed by atoms with Gasteiger partial charge in [-0.05, 0) is 74.8 Å². The second-order valence-electron chi connectivity index (χ2n) is 6.48. The van der Waals surface area contributed by atoms with Gasteiger partial charge in [0.2, 0.25) is 0 Å². The Morgan fingerprint density at radius 1 is 1.28 bits per heavy atom. The lowest BCUT2D eigenvalue weighted by molar-refractivity contribution is 0.249. The van der Waals surface area contributed by atoms with E-state index in [0.717, 1.165) is 17.8 Å². The summed E-state index contributed by atoms with van der Waals surface area (Å²) < 4.78 is 0. The van der Waals surface area contributed by atoms with Crippen LogP contribution in [0.5, 0.6) is 0 Å². The molecule has 100 valence electrons. The molecule has 2 bridgehead atoms. The highest BCUT2D eigenvalue weighted by Gasteiger charge is 2.41. The van der Waals surface area contributed by atoms with Gasteiger partial charge in [-0.1, -0.05) is 6.42 Å². The maximum absolute atomic E-state index is 3.86. The van der Waals surface area contributed by atoms with Gasteiger partial charge in [0.15, 0.2) is 0 Å². The van der Waals surface area contributed by atoms with Gasteiger partial charge in [-0.3, -0.25) is 0 Å².